The number of benzene rings is 1. The molecule has 1 unspecified atom stereocenters. The van der Waals surface area contributed by atoms with Gasteiger partial charge in [0, 0.05) is 7.11 Å². The number of hydrogen-bond donors (Lipinski definition) is 0. The molecule has 0 aromatic heterocycles. The van der Waals surface area contributed by atoms with Gasteiger partial charge in [-0.05, 0) is 25.1 Å². The van der Waals surface area contributed by atoms with E-state index in [1.165, 1.54) is 26.4 Å². The zero-order chi connectivity index (χ0) is 11.4. The van der Waals surface area contributed by atoms with Gasteiger partial charge in [-0.3, -0.25) is 4.79 Å². The minimum atomic E-state index is -0.610. The lowest BCUT2D eigenvalue weighted by Gasteiger charge is -2.11. The Kier molecular flexibility index (Phi) is 3.80. The first-order valence-electron chi connectivity index (χ1n) is 4.50. The summed E-state index contributed by atoms with van der Waals surface area (Å²) in [6.07, 6.45) is -0.610. The molecule has 0 aliphatic carbocycles. The lowest BCUT2D eigenvalue weighted by atomic mass is 10.1. The van der Waals surface area contributed by atoms with Gasteiger partial charge in [-0.25, -0.2) is 4.39 Å². The molecule has 0 aliphatic rings. The zero-order valence-electron chi connectivity index (χ0n) is 8.91. The van der Waals surface area contributed by atoms with Crippen molar-refractivity contribution in [3.05, 3.63) is 29.6 Å². The number of Topliss-reactive ketones (excluding diaryl/α,β-unsaturated/α-hetero) is 1. The summed E-state index contributed by atoms with van der Waals surface area (Å²) in [7, 11) is 2.86. The first-order chi connectivity index (χ1) is 7.10. The van der Waals surface area contributed by atoms with Crippen molar-refractivity contribution in [3.8, 4) is 5.75 Å². The highest BCUT2D eigenvalue weighted by atomic mass is 19.1. The number of rotatable bonds is 4. The van der Waals surface area contributed by atoms with E-state index < -0.39 is 11.9 Å². The van der Waals surface area contributed by atoms with Crippen LogP contribution in [0.4, 0.5) is 4.39 Å². The Morgan fingerprint density at radius 3 is 2.60 bits per heavy atom. The van der Waals surface area contributed by atoms with Crippen LogP contribution in [0.2, 0.25) is 0 Å². The van der Waals surface area contributed by atoms with Crippen LogP contribution in [-0.2, 0) is 4.74 Å². The molecule has 15 heavy (non-hydrogen) atoms. The monoisotopic (exact) mass is 212 g/mol. The lowest BCUT2D eigenvalue weighted by Crippen LogP contribution is -2.19. The number of ether oxygens (including phenoxy) is 2. The van der Waals surface area contributed by atoms with E-state index in [4.69, 9.17) is 9.47 Å². The summed E-state index contributed by atoms with van der Waals surface area (Å²) in [5, 5.41) is 0. The van der Waals surface area contributed by atoms with Crippen molar-refractivity contribution in [1.29, 1.82) is 0 Å². The normalized spacial score (nSPS) is 12.3. The second kappa shape index (κ2) is 4.89. The molecule has 0 bridgehead atoms. The standard InChI is InChI=1S/C11H13FO3/c1-7(14-2)11(13)9-6-8(12)4-5-10(9)15-3/h4-7H,1-3H3. The molecule has 1 atom stereocenters. The van der Waals surface area contributed by atoms with Crippen LogP contribution in [0.25, 0.3) is 0 Å². The van der Waals surface area contributed by atoms with Crippen LogP contribution in [0.3, 0.4) is 0 Å². The quantitative estimate of drug-likeness (QED) is 0.716. The molecule has 0 saturated carbocycles. The zero-order valence-corrected chi connectivity index (χ0v) is 8.91. The van der Waals surface area contributed by atoms with Gasteiger partial charge in [0.25, 0.3) is 0 Å². The van der Waals surface area contributed by atoms with E-state index in [2.05, 4.69) is 0 Å². The number of carbonyl (C=O) groups is 1. The molecule has 0 fully saturated rings. The fourth-order valence-electron chi connectivity index (χ4n) is 1.20. The Balaban J connectivity index is 3.11. The van der Waals surface area contributed by atoms with Gasteiger partial charge in [-0.15, -0.1) is 0 Å². The van der Waals surface area contributed by atoms with Gasteiger partial charge >= 0.3 is 0 Å². The van der Waals surface area contributed by atoms with Crippen molar-refractivity contribution in [2.24, 2.45) is 0 Å². The van der Waals surface area contributed by atoms with E-state index >= 15 is 0 Å². The second-order valence-electron chi connectivity index (χ2n) is 3.09. The Hall–Kier alpha value is -1.42. The van der Waals surface area contributed by atoms with Crippen LogP contribution in [0.15, 0.2) is 18.2 Å². The molecule has 0 heterocycles. The van der Waals surface area contributed by atoms with E-state index in [0.717, 1.165) is 6.07 Å². The maximum atomic E-state index is 13.0. The number of hydrogen-bond acceptors (Lipinski definition) is 3. The van der Waals surface area contributed by atoms with Gasteiger partial charge in [0.15, 0.2) is 5.78 Å². The van der Waals surface area contributed by atoms with E-state index in [9.17, 15) is 9.18 Å². The molecule has 4 heteroatoms. The minimum absolute atomic E-state index is 0.201. The largest absolute Gasteiger partial charge is 0.496 e. The highest BCUT2D eigenvalue weighted by molar-refractivity contribution is 6.01. The molecule has 0 spiro atoms. The van der Waals surface area contributed by atoms with Crippen LogP contribution in [0.1, 0.15) is 17.3 Å². The highest BCUT2D eigenvalue weighted by Crippen LogP contribution is 2.21. The molecule has 1 aromatic rings. The molecule has 0 saturated heterocycles. The molecule has 0 aliphatic heterocycles. The molecule has 0 N–H and O–H groups in total. The van der Waals surface area contributed by atoms with Crippen molar-refractivity contribution in [2.45, 2.75) is 13.0 Å². The summed E-state index contributed by atoms with van der Waals surface area (Å²) in [6.45, 7) is 1.60. The van der Waals surface area contributed by atoms with Crippen LogP contribution < -0.4 is 4.74 Å². The Bertz CT molecular complexity index is 363. The maximum absolute atomic E-state index is 13.0. The topological polar surface area (TPSA) is 35.5 Å². The molecule has 3 nitrogen and oxygen atoms in total. The summed E-state index contributed by atoms with van der Waals surface area (Å²) >= 11 is 0. The molecule has 0 amide bonds. The summed E-state index contributed by atoms with van der Waals surface area (Å²) in [5.41, 5.74) is 0.201. The molecular weight excluding hydrogens is 199 g/mol. The van der Waals surface area contributed by atoms with Gasteiger partial charge in [0.05, 0.1) is 12.7 Å². The predicted molar refractivity (Wildman–Crippen MR) is 53.8 cm³/mol. The number of halogens is 1. The van der Waals surface area contributed by atoms with Crippen molar-refractivity contribution in [3.63, 3.8) is 0 Å². The fraction of sp³-hybridized carbons (Fsp3) is 0.364. The average Bonchev–Trinajstić information content (AvgIpc) is 2.27. The highest BCUT2D eigenvalue weighted by Gasteiger charge is 2.19. The van der Waals surface area contributed by atoms with Gasteiger partial charge in [0.1, 0.15) is 17.7 Å². The van der Waals surface area contributed by atoms with Crippen molar-refractivity contribution < 1.29 is 18.7 Å². The SMILES string of the molecule is COc1ccc(F)cc1C(=O)C(C)OC. The Morgan fingerprint density at radius 1 is 1.40 bits per heavy atom. The number of ketones is 1. The maximum Gasteiger partial charge on any atom is 0.195 e. The van der Waals surface area contributed by atoms with E-state index in [0.29, 0.717) is 5.75 Å². The van der Waals surface area contributed by atoms with E-state index in [-0.39, 0.29) is 11.3 Å². The van der Waals surface area contributed by atoms with Gasteiger partial charge in [0.2, 0.25) is 0 Å². The number of carbonyl (C=O) groups excluding carboxylic acids is 1. The third-order valence-corrected chi connectivity index (χ3v) is 2.15. The third-order valence-electron chi connectivity index (χ3n) is 2.15. The first-order valence-corrected chi connectivity index (χ1v) is 4.50. The predicted octanol–water partition coefficient (Wildman–Crippen LogP) is 2.05. The van der Waals surface area contributed by atoms with Gasteiger partial charge < -0.3 is 9.47 Å². The second-order valence-corrected chi connectivity index (χ2v) is 3.09. The third kappa shape index (κ3) is 2.53. The lowest BCUT2D eigenvalue weighted by molar-refractivity contribution is 0.0652. The molecule has 1 rings (SSSR count). The summed E-state index contributed by atoms with van der Waals surface area (Å²) in [6, 6.07) is 3.81. The minimum Gasteiger partial charge on any atom is -0.496 e. The smallest absolute Gasteiger partial charge is 0.195 e. The summed E-state index contributed by atoms with van der Waals surface area (Å²) in [5.74, 6) is -0.415. The Morgan fingerprint density at radius 2 is 2.07 bits per heavy atom. The van der Waals surface area contributed by atoms with Crippen LogP contribution in [0, 0.1) is 5.82 Å². The van der Waals surface area contributed by atoms with Crippen LogP contribution >= 0.6 is 0 Å². The average molecular weight is 212 g/mol. The van der Waals surface area contributed by atoms with Crippen molar-refractivity contribution in [2.75, 3.05) is 14.2 Å². The summed E-state index contributed by atoms with van der Waals surface area (Å²) < 4.78 is 22.8. The fourth-order valence-corrected chi connectivity index (χ4v) is 1.20. The molecular formula is C11H13FO3. The van der Waals surface area contributed by atoms with E-state index in [1.54, 1.807) is 6.92 Å². The molecule has 0 radical (unpaired) electrons. The van der Waals surface area contributed by atoms with Crippen molar-refractivity contribution >= 4 is 5.78 Å². The van der Waals surface area contributed by atoms with E-state index in [1.807, 2.05) is 0 Å². The number of methoxy groups -OCH3 is 2. The van der Waals surface area contributed by atoms with Crippen LogP contribution in [0.5, 0.6) is 5.75 Å². The first kappa shape index (κ1) is 11.7. The van der Waals surface area contributed by atoms with Gasteiger partial charge in [-0.2, -0.15) is 0 Å². The Labute approximate surface area is 87.8 Å². The molecule has 1 aromatic carbocycles. The van der Waals surface area contributed by atoms with Crippen LogP contribution in [-0.4, -0.2) is 26.1 Å². The summed E-state index contributed by atoms with van der Waals surface area (Å²) in [4.78, 5) is 11.7. The van der Waals surface area contributed by atoms with Gasteiger partial charge in [-0.1, -0.05) is 0 Å². The van der Waals surface area contributed by atoms with Crippen molar-refractivity contribution in [1.82, 2.24) is 0 Å². The molecule has 82 valence electrons.